The minimum Gasteiger partial charge on any atom is -0.428 e. The third-order valence-corrected chi connectivity index (χ3v) is 3.30. The van der Waals surface area contributed by atoms with Crippen LogP contribution < -0.4 is 10.7 Å². The highest BCUT2D eigenvalue weighted by Gasteiger charge is 2.03. The van der Waals surface area contributed by atoms with Crippen molar-refractivity contribution in [3.63, 3.8) is 0 Å². The molecule has 2 N–H and O–H groups in total. The Bertz CT molecular complexity index is 728. The predicted octanol–water partition coefficient (Wildman–Crippen LogP) is 3.82. The summed E-state index contributed by atoms with van der Waals surface area (Å²) >= 11 is 17.3. The smallest absolute Gasteiger partial charge is 0.345 e. The first-order valence-corrected chi connectivity index (χ1v) is 6.47. The fourth-order valence-electron chi connectivity index (χ4n) is 1.37. The van der Waals surface area contributed by atoms with E-state index in [9.17, 15) is 10.0 Å². The van der Waals surface area contributed by atoms with Crippen molar-refractivity contribution < 1.29 is 10.0 Å². The summed E-state index contributed by atoms with van der Waals surface area (Å²) in [5, 5.41) is 12.8. The molecule has 2 amide bonds. The third-order valence-electron chi connectivity index (χ3n) is 2.27. The fourth-order valence-corrected chi connectivity index (χ4v) is 1.83. The lowest BCUT2D eigenvalue weighted by molar-refractivity contribution is 0.185. The standard InChI is InChI=1S/C12H8Cl3N3O2/c13-9-2-1-7(5-10(9)14)16-12(19)17-8-3-4-18(20)11(15)6-8/h1-6,20H,(H,16,19)/b17-8-. The van der Waals surface area contributed by atoms with E-state index < -0.39 is 6.03 Å². The first kappa shape index (κ1) is 14.7. The zero-order valence-electron chi connectivity index (χ0n) is 9.85. The molecule has 2 rings (SSSR count). The molecule has 20 heavy (non-hydrogen) atoms. The summed E-state index contributed by atoms with van der Waals surface area (Å²) < 4.78 is 0.706. The molecule has 0 aliphatic carbocycles. The molecule has 0 saturated heterocycles. The van der Waals surface area contributed by atoms with Crippen molar-refractivity contribution in [1.29, 1.82) is 0 Å². The molecule has 0 radical (unpaired) electrons. The van der Waals surface area contributed by atoms with Crippen LogP contribution in [0.4, 0.5) is 10.5 Å². The molecule has 0 atom stereocenters. The Morgan fingerprint density at radius 3 is 2.55 bits per heavy atom. The van der Waals surface area contributed by atoms with Crippen LogP contribution in [0.5, 0.6) is 0 Å². The van der Waals surface area contributed by atoms with Gasteiger partial charge in [-0.25, -0.2) is 4.79 Å². The molecule has 104 valence electrons. The second-order valence-corrected chi connectivity index (χ2v) is 4.92. The molecule has 0 aliphatic rings. The number of hydrogen-bond acceptors (Lipinski definition) is 2. The Balaban J connectivity index is 2.19. The molecule has 1 aromatic heterocycles. The largest absolute Gasteiger partial charge is 0.428 e. The maximum absolute atomic E-state index is 11.7. The SMILES string of the molecule is O=C(/N=c1/ccn(O)c(Cl)c1)Nc1ccc(Cl)c(Cl)c1. The lowest BCUT2D eigenvalue weighted by Gasteiger charge is -2.03. The first-order chi connectivity index (χ1) is 9.45. The van der Waals surface area contributed by atoms with Gasteiger partial charge in [-0.2, -0.15) is 9.72 Å². The van der Waals surface area contributed by atoms with Crippen molar-refractivity contribution in [2.75, 3.05) is 5.32 Å². The van der Waals surface area contributed by atoms with Gasteiger partial charge in [0.25, 0.3) is 0 Å². The van der Waals surface area contributed by atoms with Crippen LogP contribution in [-0.4, -0.2) is 16.0 Å². The second-order valence-electron chi connectivity index (χ2n) is 3.72. The summed E-state index contributed by atoms with van der Waals surface area (Å²) in [5.74, 6) is 0. The molecule has 2 aromatic rings. The van der Waals surface area contributed by atoms with Crippen molar-refractivity contribution >= 4 is 46.5 Å². The van der Waals surface area contributed by atoms with Crippen molar-refractivity contribution in [1.82, 2.24) is 4.73 Å². The van der Waals surface area contributed by atoms with E-state index in [0.717, 1.165) is 0 Å². The number of amides is 2. The number of aromatic nitrogens is 1. The molecule has 0 aliphatic heterocycles. The maximum Gasteiger partial charge on any atom is 0.345 e. The van der Waals surface area contributed by atoms with Gasteiger partial charge < -0.3 is 10.5 Å². The Kier molecular flexibility index (Phi) is 4.54. The Labute approximate surface area is 129 Å². The Morgan fingerprint density at radius 1 is 1.15 bits per heavy atom. The van der Waals surface area contributed by atoms with Gasteiger partial charge in [-0.1, -0.05) is 34.8 Å². The summed E-state index contributed by atoms with van der Waals surface area (Å²) in [4.78, 5) is 15.5. The minimum absolute atomic E-state index is 0.0357. The second kappa shape index (κ2) is 6.17. The van der Waals surface area contributed by atoms with Gasteiger partial charge in [0.1, 0.15) is 5.15 Å². The van der Waals surface area contributed by atoms with Crippen LogP contribution in [0.25, 0.3) is 0 Å². The molecule has 1 aromatic carbocycles. The number of rotatable bonds is 1. The highest BCUT2D eigenvalue weighted by molar-refractivity contribution is 6.42. The van der Waals surface area contributed by atoms with Crippen LogP contribution in [0.1, 0.15) is 0 Å². The fraction of sp³-hybridized carbons (Fsp3) is 0. The van der Waals surface area contributed by atoms with Gasteiger partial charge in [-0.15, -0.1) is 0 Å². The van der Waals surface area contributed by atoms with Gasteiger partial charge in [0.2, 0.25) is 0 Å². The molecule has 1 heterocycles. The van der Waals surface area contributed by atoms with Crippen molar-refractivity contribution in [2.24, 2.45) is 4.99 Å². The summed E-state index contributed by atoms with van der Waals surface area (Å²) in [7, 11) is 0. The average molecular weight is 333 g/mol. The maximum atomic E-state index is 11.7. The summed E-state index contributed by atoms with van der Waals surface area (Å²) in [6.07, 6.45) is 1.27. The number of urea groups is 1. The quantitative estimate of drug-likeness (QED) is 0.616. The zero-order valence-corrected chi connectivity index (χ0v) is 12.1. The van der Waals surface area contributed by atoms with Crippen molar-refractivity contribution in [3.05, 3.63) is 57.1 Å². The van der Waals surface area contributed by atoms with E-state index in [0.29, 0.717) is 25.8 Å². The number of pyridine rings is 1. The number of benzene rings is 1. The normalized spacial score (nSPS) is 11.4. The van der Waals surface area contributed by atoms with E-state index in [1.807, 2.05) is 0 Å². The van der Waals surface area contributed by atoms with E-state index >= 15 is 0 Å². The van der Waals surface area contributed by atoms with Gasteiger partial charge >= 0.3 is 6.03 Å². The molecule has 0 saturated carbocycles. The predicted molar refractivity (Wildman–Crippen MR) is 77.7 cm³/mol. The van der Waals surface area contributed by atoms with Crippen LogP contribution in [0.3, 0.4) is 0 Å². The van der Waals surface area contributed by atoms with E-state index in [1.54, 1.807) is 12.1 Å². The lowest BCUT2D eigenvalue weighted by Crippen LogP contribution is -2.13. The molecule has 8 heteroatoms. The van der Waals surface area contributed by atoms with Crippen LogP contribution in [-0.2, 0) is 0 Å². The Morgan fingerprint density at radius 2 is 1.90 bits per heavy atom. The number of carbonyl (C=O) groups is 1. The minimum atomic E-state index is -0.602. The van der Waals surface area contributed by atoms with Crippen LogP contribution in [0.2, 0.25) is 15.2 Å². The third kappa shape index (κ3) is 3.66. The lowest BCUT2D eigenvalue weighted by atomic mass is 10.3. The molecule has 5 nitrogen and oxygen atoms in total. The van der Waals surface area contributed by atoms with Gasteiger partial charge in [-0.3, -0.25) is 0 Å². The number of carbonyl (C=O) groups excluding carboxylic acids is 1. The molecule has 0 fully saturated rings. The Hall–Kier alpha value is -1.69. The highest BCUT2D eigenvalue weighted by Crippen LogP contribution is 2.24. The average Bonchev–Trinajstić information content (AvgIpc) is 2.38. The first-order valence-electron chi connectivity index (χ1n) is 5.34. The molecule has 0 spiro atoms. The van der Waals surface area contributed by atoms with Gasteiger partial charge in [0.05, 0.1) is 15.4 Å². The molecular formula is C12H8Cl3N3O2. The van der Waals surface area contributed by atoms with Crippen LogP contribution >= 0.6 is 34.8 Å². The highest BCUT2D eigenvalue weighted by atomic mass is 35.5. The van der Waals surface area contributed by atoms with Crippen molar-refractivity contribution in [2.45, 2.75) is 0 Å². The van der Waals surface area contributed by atoms with Gasteiger partial charge in [-0.05, 0) is 24.3 Å². The van der Waals surface area contributed by atoms with Gasteiger partial charge in [0, 0.05) is 18.0 Å². The number of anilines is 1. The van der Waals surface area contributed by atoms with Crippen LogP contribution in [0.15, 0.2) is 41.5 Å². The zero-order chi connectivity index (χ0) is 14.7. The summed E-state index contributed by atoms with van der Waals surface area (Å²) in [6.45, 7) is 0. The summed E-state index contributed by atoms with van der Waals surface area (Å²) in [6, 6.07) is 6.84. The van der Waals surface area contributed by atoms with Gasteiger partial charge in [0.15, 0.2) is 0 Å². The number of nitrogens with one attached hydrogen (secondary N) is 1. The summed E-state index contributed by atoms with van der Waals surface area (Å²) in [5.41, 5.74) is 0.465. The van der Waals surface area contributed by atoms with E-state index in [-0.39, 0.29) is 5.15 Å². The van der Waals surface area contributed by atoms with E-state index in [4.69, 9.17) is 34.8 Å². The number of hydrogen-bond donors (Lipinski definition) is 2. The molecular weight excluding hydrogens is 325 g/mol. The number of halogens is 3. The van der Waals surface area contributed by atoms with Crippen LogP contribution in [0, 0.1) is 0 Å². The molecule has 0 bridgehead atoms. The van der Waals surface area contributed by atoms with Crippen molar-refractivity contribution in [3.8, 4) is 0 Å². The van der Waals surface area contributed by atoms with E-state index in [2.05, 4.69) is 10.3 Å². The topological polar surface area (TPSA) is 66.6 Å². The monoisotopic (exact) mass is 331 g/mol. The number of nitrogens with zero attached hydrogens (tertiary/aromatic N) is 2. The molecule has 0 unspecified atom stereocenters. The van der Waals surface area contributed by atoms with E-state index in [1.165, 1.54) is 24.4 Å².